The van der Waals surface area contributed by atoms with Crippen LogP contribution in [0.25, 0.3) is 6.08 Å². The molecule has 1 aromatic rings. The van der Waals surface area contributed by atoms with Crippen LogP contribution in [-0.2, 0) is 11.3 Å². The Kier molecular flexibility index (Phi) is 3.38. The summed E-state index contributed by atoms with van der Waals surface area (Å²) >= 11 is 0. The predicted molar refractivity (Wildman–Crippen MR) is 56.7 cm³/mol. The Morgan fingerprint density at radius 2 is 2.20 bits per heavy atom. The van der Waals surface area contributed by atoms with Gasteiger partial charge in [0, 0.05) is 6.20 Å². The van der Waals surface area contributed by atoms with Gasteiger partial charge in [-0.25, -0.2) is 4.79 Å². The van der Waals surface area contributed by atoms with Crippen molar-refractivity contribution in [1.29, 1.82) is 0 Å². The lowest BCUT2D eigenvalue weighted by Gasteiger charge is -2.02. The number of carbonyl (C=O) groups excluding carboxylic acids is 1. The topological polar surface area (TPSA) is 71.9 Å². The van der Waals surface area contributed by atoms with Gasteiger partial charge in [0.2, 0.25) is 0 Å². The third kappa shape index (κ3) is 2.77. The Bertz CT molecular complexity index is 508. The maximum Gasteiger partial charge on any atom is 0.328 e. The molecule has 80 valence electrons. The Balaban J connectivity index is 3.29. The van der Waals surface area contributed by atoms with Gasteiger partial charge in [-0.1, -0.05) is 12.2 Å². The Morgan fingerprint density at radius 3 is 2.73 bits per heavy atom. The van der Waals surface area contributed by atoms with Gasteiger partial charge in [0.1, 0.15) is 5.78 Å². The van der Waals surface area contributed by atoms with Crippen molar-refractivity contribution in [3.05, 3.63) is 38.7 Å². The summed E-state index contributed by atoms with van der Waals surface area (Å²) in [5, 5.41) is 0. The number of carbonyl (C=O) groups is 1. The van der Waals surface area contributed by atoms with E-state index in [1.165, 1.54) is 17.7 Å². The molecule has 0 radical (unpaired) electrons. The molecule has 1 N–H and O–H groups in total. The van der Waals surface area contributed by atoms with Gasteiger partial charge in [0.25, 0.3) is 5.56 Å². The summed E-state index contributed by atoms with van der Waals surface area (Å²) in [6, 6.07) is 0. The van der Waals surface area contributed by atoms with Gasteiger partial charge in [-0.2, -0.15) is 0 Å². The van der Waals surface area contributed by atoms with Crippen molar-refractivity contribution in [1.82, 2.24) is 9.55 Å². The number of nitrogens with one attached hydrogen (secondary N) is 1. The van der Waals surface area contributed by atoms with E-state index >= 15 is 0 Å². The summed E-state index contributed by atoms with van der Waals surface area (Å²) in [6.07, 6.45) is 4.64. The first-order chi connectivity index (χ1) is 7.04. The molecule has 0 aromatic carbocycles. The number of hydrogen-bond acceptors (Lipinski definition) is 3. The Labute approximate surface area is 86.1 Å². The molecule has 0 fully saturated rings. The van der Waals surface area contributed by atoms with Crippen molar-refractivity contribution < 1.29 is 4.79 Å². The largest absolute Gasteiger partial charge is 0.328 e. The third-order valence-electron chi connectivity index (χ3n) is 1.78. The Hall–Kier alpha value is -1.91. The van der Waals surface area contributed by atoms with Gasteiger partial charge < -0.3 is 0 Å². The lowest BCUT2D eigenvalue weighted by atomic mass is 10.3. The van der Waals surface area contributed by atoms with Crippen LogP contribution in [-0.4, -0.2) is 15.3 Å². The minimum Gasteiger partial charge on any atom is -0.298 e. The lowest BCUT2D eigenvalue weighted by Crippen LogP contribution is -2.32. The number of nitrogens with zero attached hydrogens (tertiary/aromatic N) is 1. The lowest BCUT2D eigenvalue weighted by molar-refractivity contribution is -0.117. The van der Waals surface area contributed by atoms with Crippen LogP contribution < -0.4 is 11.2 Å². The first-order valence-corrected chi connectivity index (χ1v) is 4.50. The van der Waals surface area contributed by atoms with E-state index < -0.39 is 11.2 Å². The summed E-state index contributed by atoms with van der Waals surface area (Å²) in [4.78, 5) is 35.5. The van der Waals surface area contributed by atoms with E-state index in [0.29, 0.717) is 5.56 Å². The van der Waals surface area contributed by atoms with Crippen LogP contribution in [0.1, 0.15) is 19.4 Å². The van der Waals surface area contributed by atoms with Gasteiger partial charge in [-0.15, -0.1) is 0 Å². The van der Waals surface area contributed by atoms with E-state index in [9.17, 15) is 14.4 Å². The van der Waals surface area contributed by atoms with Crippen molar-refractivity contribution in [2.24, 2.45) is 0 Å². The minimum atomic E-state index is -0.566. The molecular formula is C10H12N2O3. The quantitative estimate of drug-likeness (QED) is 0.769. The molecule has 0 saturated heterocycles. The molecule has 0 unspecified atom stereocenters. The van der Waals surface area contributed by atoms with Crippen LogP contribution in [0.5, 0.6) is 0 Å². The molecule has 1 heterocycles. The van der Waals surface area contributed by atoms with Crippen molar-refractivity contribution in [3.8, 4) is 0 Å². The molecule has 0 bridgehead atoms. The fourth-order valence-corrected chi connectivity index (χ4v) is 1.18. The number of hydrogen-bond donors (Lipinski definition) is 1. The fraction of sp³-hybridized carbons (Fsp3) is 0.300. The Morgan fingerprint density at radius 1 is 1.53 bits per heavy atom. The highest BCUT2D eigenvalue weighted by Gasteiger charge is 2.03. The standard InChI is InChI=1S/C10H12N2O3/c1-3-4-8-6-12(5-7(2)13)10(15)11-9(8)14/h3-4,6H,5H2,1-2H3,(H,11,14,15)/b4-3+. The number of rotatable bonds is 3. The number of H-pyrrole nitrogens is 1. The molecule has 1 aromatic heterocycles. The van der Waals surface area contributed by atoms with Crippen LogP contribution in [0.3, 0.4) is 0 Å². The second-order valence-electron chi connectivity index (χ2n) is 3.17. The molecular weight excluding hydrogens is 196 g/mol. The molecule has 15 heavy (non-hydrogen) atoms. The highest BCUT2D eigenvalue weighted by Crippen LogP contribution is 1.91. The summed E-state index contributed by atoms with van der Waals surface area (Å²) in [5.74, 6) is -0.143. The average molecular weight is 208 g/mol. The van der Waals surface area contributed by atoms with E-state index in [1.807, 2.05) is 0 Å². The van der Waals surface area contributed by atoms with Gasteiger partial charge in [-0.05, 0) is 13.8 Å². The molecule has 0 spiro atoms. The number of ketones is 1. The van der Waals surface area contributed by atoms with Gasteiger partial charge >= 0.3 is 5.69 Å². The zero-order valence-corrected chi connectivity index (χ0v) is 8.61. The predicted octanol–water partition coefficient (Wildman–Crippen LogP) is 0.159. The van der Waals surface area contributed by atoms with Crippen LogP contribution in [0.15, 0.2) is 21.9 Å². The summed E-state index contributed by atoms with van der Waals surface area (Å²) in [7, 11) is 0. The minimum absolute atomic E-state index is 0.0276. The van der Waals surface area contributed by atoms with E-state index in [1.54, 1.807) is 19.1 Å². The van der Waals surface area contributed by atoms with Crippen LogP contribution in [0, 0.1) is 0 Å². The zero-order valence-electron chi connectivity index (χ0n) is 8.61. The normalized spacial score (nSPS) is 10.8. The molecule has 0 saturated carbocycles. The highest BCUT2D eigenvalue weighted by atomic mass is 16.2. The first-order valence-electron chi connectivity index (χ1n) is 4.50. The molecule has 0 aliphatic rings. The van der Waals surface area contributed by atoms with Crippen molar-refractivity contribution in [3.63, 3.8) is 0 Å². The van der Waals surface area contributed by atoms with E-state index in [4.69, 9.17) is 0 Å². The summed E-state index contributed by atoms with van der Waals surface area (Å²) in [6.45, 7) is 3.12. The van der Waals surface area contributed by atoms with Gasteiger partial charge in [0.05, 0.1) is 12.1 Å². The monoisotopic (exact) mass is 208 g/mol. The van der Waals surface area contributed by atoms with Crippen molar-refractivity contribution in [2.75, 3.05) is 0 Å². The molecule has 0 atom stereocenters. The van der Waals surface area contributed by atoms with Gasteiger partial charge in [0.15, 0.2) is 0 Å². The smallest absolute Gasteiger partial charge is 0.298 e. The van der Waals surface area contributed by atoms with Gasteiger partial charge in [-0.3, -0.25) is 19.1 Å². The molecule has 5 heteroatoms. The van der Waals surface area contributed by atoms with Crippen LogP contribution >= 0.6 is 0 Å². The van der Waals surface area contributed by atoms with Crippen molar-refractivity contribution >= 4 is 11.9 Å². The van der Waals surface area contributed by atoms with E-state index in [-0.39, 0.29) is 12.3 Å². The van der Waals surface area contributed by atoms with E-state index in [2.05, 4.69) is 4.98 Å². The second-order valence-corrected chi connectivity index (χ2v) is 3.17. The number of Topliss-reactive ketones (excluding diaryl/α,β-unsaturated/α-hetero) is 1. The average Bonchev–Trinajstić information content (AvgIpc) is 2.12. The number of aromatic amines is 1. The van der Waals surface area contributed by atoms with Crippen LogP contribution in [0.2, 0.25) is 0 Å². The fourth-order valence-electron chi connectivity index (χ4n) is 1.18. The number of allylic oxidation sites excluding steroid dienone is 1. The first kappa shape index (κ1) is 11.2. The van der Waals surface area contributed by atoms with Crippen LogP contribution in [0.4, 0.5) is 0 Å². The molecule has 0 aliphatic carbocycles. The highest BCUT2D eigenvalue weighted by molar-refractivity contribution is 5.75. The van der Waals surface area contributed by atoms with Crippen molar-refractivity contribution in [2.45, 2.75) is 20.4 Å². The van der Waals surface area contributed by atoms with E-state index in [0.717, 1.165) is 0 Å². The molecule has 1 rings (SSSR count). The summed E-state index contributed by atoms with van der Waals surface area (Å²) < 4.78 is 1.18. The third-order valence-corrected chi connectivity index (χ3v) is 1.78. The SMILES string of the molecule is C/C=C/c1cn(CC(C)=O)c(=O)[nH]c1=O. The maximum atomic E-state index is 11.3. The molecule has 0 amide bonds. The molecule has 0 aliphatic heterocycles. The summed E-state index contributed by atoms with van der Waals surface area (Å²) in [5.41, 5.74) is -0.653. The number of aromatic nitrogens is 2. The maximum absolute atomic E-state index is 11.3. The zero-order chi connectivity index (χ0) is 11.4. The molecule has 5 nitrogen and oxygen atoms in total. The second kappa shape index (κ2) is 4.54.